The fourth-order valence-electron chi connectivity index (χ4n) is 8.84. The molecule has 332 valence electrons. The number of morpholine rings is 1. The van der Waals surface area contributed by atoms with Crippen LogP contribution in [-0.2, 0) is 45.5 Å². The van der Waals surface area contributed by atoms with Crippen LogP contribution in [0.4, 0.5) is 38.0 Å². The lowest BCUT2D eigenvalue weighted by Crippen LogP contribution is -2.48. The molecule has 0 radical (unpaired) electrons. The molecule has 63 heavy (non-hydrogen) atoms. The number of nitrogens with zero attached hydrogens (tertiary/aromatic N) is 8. The number of hydrogen-bond acceptors (Lipinski definition) is 10. The fraction of sp³-hybridized carbons (Fsp3) is 0.400. The Morgan fingerprint density at radius 2 is 1.79 bits per heavy atom. The molecule has 0 bridgehead atoms. The van der Waals surface area contributed by atoms with E-state index in [9.17, 15) is 30.8 Å². The van der Waals surface area contributed by atoms with Crippen LogP contribution in [0.3, 0.4) is 0 Å². The van der Waals surface area contributed by atoms with Crippen LogP contribution in [0.25, 0.3) is 27.6 Å². The Balaban J connectivity index is 1.24. The second-order valence-electron chi connectivity index (χ2n) is 16.6. The molecule has 2 N–H and O–H groups in total. The summed E-state index contributed by atoms with van der Waals surface area (Å²) in [6.07, 6.45) is -2.78. The highest BCUT2D eigenvalue weighted by molar-refractivity contribution is 7.92. The molecule has 5 heterocycles. The maximum atomic E-state index is 15.5. The second-order valence-corrected chi connectivity index (χ2v) is 18.8. The van der Waals surface area contributed by atoms with E-state index in [-0.39, 0.29) is 61.8 Å². The van der Waals surface area contributed by atoms with E-state index in [0.717, 1.165) is 23.0 Å². The Labute approximate surface area is 359 Å². The molecule has 3 atom stereocenters. The molecule has 2 aliphatic carbocycles. The van der Waals surface area contributed by atoms with E-state index in [2.05, 4.69) is 20.2 Å². The lowest BCUT2D eigenvalue weighted by atomic mass is 10.0. The number of anilines is 2. The zero-order chi connectivity index (χ0) is 45.1. The molecule has 2 aromatic carbocycles. The Morgan fingerprint density at radius 3 is 2.48 bits per heavy atom. The summed E-state index contributed by atoms with van der Waals surface area (Å²) in [6, 6.07) is 6.96. The predicted octanol–water partition coefficient (Wildman–Crippen LogP) is 6.03. The topological polar surface area (TPSA) is 171 Å². The number of sulfonamides is 1. The summed E-state index contributed by atoms with van der Waals surface area (Å²) >= 11 is 6.64. The fourth-order valence-corrected chi connectivity index (χ4v) is 9.57. The van der Waals surface area contributed by atoms with Gasteiger partial charge in [0, 0.05) is 44.1 Å². The van der Waals surface area contributed by atoms with Crippen LogP contribution < -0.4 is 20.5 Å². The van der Waals surface area contributed by atoms with Crippen LogP contribution >= 0.6 is 11.6 Å². The van der Waals surface area contributed by atoms with Crippen LogP contribution in [0.15, 0.2) is 47.3 Å². The van der Waals surface area contributed by atoms with Gasteiger partial charge < -0.3 is 15.0 Å². The predicted molar refractivity (Wildman–Crippen MR) is 218 cm³/mol. The van der Waals surface area contributed by atoms with E-state index in [1.165, 1.54) is 29.9 Å². The maximum absolute atomic E-state index is 15.5. The van der Waals surface area contributed by atoms with E-state index in [4.69, 9.17) is 26.3 Å². The van der Waals surface area contributed by atoms with Crippen molar-refractivity contribution in [3.8, 4) is 5.69 Å². The van der Waals surface area contributed by atoms with E-state index < -0.39 is 93.3 Å². The number of hydrogen-bond donors (Lipinski definition) is 2. The van der Waals surface area contributed by atoms with Gasteiger partial charge in [-0.3, -0.25) is 28.2 Å². The van der Waals surface area contributed by atoms with Gasteiger partial charge in [0.25, 0.3) is 17.9 Å². The van der Waals surface area contributed by atoms with E-state index in [1.807, 2.05) is 18.7 Å². The molecule has 4 aromatic heterocycles. The molecule has 3 aliphatic rings. The Morgan fingerprint density at radius 1 is 1.06 bits per heavy atom. The summed E-state index contributed by atoms with van der Waals surface area (Å²) < 4.78 is 125. The third-order valence-electron chi connectivity index (χ3n) is 11.4. The molecule has 1 amide bonds. The van der Waals surface area contributed by atoms with Crippen molar-refractivity contribution in [3.63, 3.8) is 0 Å². The summed E-state index contributed by atoms with van der Waals surface area (Å²) in [4.78, 5) is 40.7. The first-order valence-corrected chi connectivity index (χ1v) is 21.8. The van der Waals surface area contributed by atoms with Crippen molar-refractivity contribution in [2.75, 3.05) is 35.6 Å². The van der Waals surface area contributed by atoms with Gasteiger partial charge >= 0.3 is 0 Å². The number of aryl methyl sites for hydroxylation is 1. The minimum atomic E-state index is -3.92. The number of ether oxygens (including phenoxy) is 1. The van der Waals surface area contributed by atoms with Crippen molar-refractivity contribution in [2.24, 2.45) is 13.0 Å². The molecule has 0 spiro atoms. The average molecular weight is 919 g/mol. The van der Waals surface area contributed by atoms with Gasteiger partial charge in [0.1, 0.15) is 41.2 Å². The monoisotopic (exact) mass is 918 g/mol. The number of pyridine rings is 1. The number of rotatable bonds is 11. The summed E-state index contributed by atoms with van der Waals surface area (Å²) in [5.74, 6) is -8.66. The number of nitrogens with one attached hydrogen (secondary N) is 2. The van der Waals surface area contributed by atoms with Gasteiger partial charge in [0.05, 0.1) is 51.5 Å². The molecular weight excluding hydrogens is 882 g/mol. The minimum Gasteiger partial charge on any atom is -0.372 e. The van der Waals surface area contributed by atoms with Crippen molar-refractivity contribution in [1.29, 1.82) is 0 Å². The van der Waals surface area contributed by atoms with Crippen LogP contribution in [-0.4, -0.2) is 80.0 Å². The van der Waals surface area contributed by atoms with Gasteiger partial charge in [-0.1, -0.05) is 11.6 Å². The van der Waals surface area contributed by atoms with Crippen LogP contribution in [0.2, 0.25) is 5.02 Å². The minimum absolute atomic E-state index is 0.00543. The number of fused-ring (bicyclic) bond motifs is 5. The van der Waals surface area contributed by atoms with Gasteiger partial charge in [-0.15, -0.1) is 0 Å². The zero-order valence-electron chi connectivity index (χ0n) is 33.8. The van der Waals surface area contributed by atoms with E-state index in [0.29, 0.717) is 36.3 Å². The summed E-state index contributed by atoms with van der Waals surface area (Å²) in [6.45, 7) is 4.03. The number of aromatic nitrogens is 7. The largest absolute Gasteiger partial charge is 0.372 e. The van der Waals surface area contributed by atoms with Crippen molar-refractivity contribution in [1.82, 2.24) is 39.4 Å². The zero-order valence-corrected chi connectivity index (χ0v) is 35.3. The number of carbonyl (C=O) groups excluding carboxylic acids is 1. The SMILES string of the molecule is Cn1nc(NS(C)(=O)=O)c2c(Cl)ccc(-n3c([C@H](Cc4cc(F)cc(F)c4)NC(=O)Cn4nc(C(F)F)c5c4C(F)(F)[C@@H]4C[C@H]54)nc4nc(N5CCOC(C)(C)C5)ccc4c3=O)c21. The Kier molecular flexibility index (Phi) is 10.1. The number of amides is 1. The second kappa shape index (κ2) is 14.9. The first-order chi connectivity index (χ1) is 29.6. The van der Waals surface area contributed by atoms with Gasteiger partial charge in [-0.2, -0.15) is 19.0 Å². The summed E-state index contributed by atoms with van der Waals surface area (Å²) in [5.41, 5.74) is -3.30. The molecule has 2 fully saturated rings. The van der Waals surface area contributed by atoms with Gasteiger partial charge in [0.2, 0.25) is 15.9 Å². The highest BCUT2D eigenvalue weighted by Crippen LogP contribution is 2.68. The number of halogens is 7. The van der Waals surface area contributed by atoms with Crippen molar-refractivity contribution < 1.29 is 44.3 Å². The van der Waals surface area contributed by atoms with E-state index >= 15 is 13.6 Å². The molecule has 9 rings (SSSR count). The molecule has 15 nitrogen and oxygen atoms in total. The quantitative estimate of drug-likeness (QED) is 0.146. The number of alkyl halides is 4. The average Bonchev–Trinajstić information content (AvgIpc) is 3.72. The van der Waals surface area contributed by atoms with Crippen LogP contribution in [0.5, 0.6) is 0 Å². The van der Waals surface area contributed by atoms with Crippen molar-refractivity contribution in [3.05, 3.63) is 97.8 Å². The van der Waals surface area contributed by atoms with Crippen molar-refractivity contribution >= 4 is 61.1 Å². The molecular formula is C40H37ClF6N10O5S. The van der Waals surface area contributed by atoms with Gasteiger partial charge in [-0.05, 0) is 68.1 Å². The first kappa shape index (κ1) is 42.6. The molecule has 6 aromatic rings. The summed E-state index contributed by atoms with van der Waals surface area (Å²) in [5, 5.41) is 10.8. The molecule has 1 saturated carbocycles. The highest BCUT2D eigenvalue weighted by atomic mass is 35.5. The van der Waals surface area contributed by atoms with Crippen molar-refractivity contribution in [2.45, 2.75) is 63.1 Å². The summed E-state index contributed by atoms with van der Waals surface area (Å²) in [7, 11) is -2.46. The smallest absolute Gasteiger partial charge is 0.293 e. The van der Waals surface area contributed by atoms with Gasteiger partial charge in [0.15, 0.2) is 11.5 Å². The molecule has 1 saturated heterocycles. The van der Waals surface area contributed by atoms with Crippen LogP contribution in [0.1, 0.15) is 67.0 Å². The maximum Gasteiger partial charge on any atom is 0.293 e. The standard InChI is InChI=1S/C40H37ClF6N10O5S/c1-39(2)17-55(9-10-62-39)27-8-5-21-35(49-27)50-37(57(38(21)59)26-7-6-24(41)30-32(26)54(3)52-36(30)53-63(4,60)61)25(13-18-11-19(42)14-20(43)12-18)48-28(58)16-56-33-29(31(51-56)34(44)45)22-15-23(22)40(33,46)47/h5-8,11-12,14,22-23,25,34H,9-10,13,15-17H2,1-4H3,(H,48,58)(H,52,53)/t22-,23+,25-/m0/s1. The lowest BCUT2D eigenvalue weighted by Gasteiger charge is -2.38. The Hall–Kier alpha value is -5.74. The van der Waals surface area contributed by atoms with Gasteiger partial charge in [-0.25, -0.2) is 35.9 Å². The normalized spacial score (nSPS) is 19.4. The third-order valence-corrected chi connectivity index (χ3v) is 12.3. The molecule has 1 aliphatic heterocycles. The third kappa shape index (κ3) is 7.64. The Bertz CT molecular complexity index is 3050. The molecule has 23 heteroatoms. The highest BCUT2D eigenvalue weighted by Gasteiger charge is 2.67. The van der Waals surface area contributed by atoms with E-state index in [1.54, 1.807) is 6.07 Å². The first-order valence-electron chi connectivity index (χ1n) is 19.6. The number of benzene rings is 2. The number of carbonyl (C=O) groups is 1. The van der Waals surface area contributed by atoms with Crippen LogP contribution in [0, 0.1) is 17.6 Å². The lowest BCUT2D eigenvalue weighted by molar-refractivity contribution is -0.123. The molecule has 0 unspecified atom stereocenters.